The van der Waals surface area contributed by atoms with Gasteiger partial charge in [-0.3, -0.25) is 14.9 Å². The maximum Gasteiger partial charge on any atom is 0.234 e. The number of rotatable bonds is 3. The molecule has 2 amide bonds. The summed E-state index contributed by atoms with van der Waals surface area (Å²) in [7, 11) is 0. The lowest BCUT2D eigenvalue weighted by Crippen LogP contribution is -2.40. The van der Waals surface area contributed by atoms with E-state index in [1.54, 1.807) is 0 Å². The summed E-state index contributed by atoms with van der Waals surface area (Å²) in [6, 6.07) is 2.63. The minimum Gasteiger partial charge on any atom is -0.382 e. The summed E-state index contributed by atoms with van der Waals surface area (Å²) in [5.74, 6) is -3.51. The van der Waals surface area contributed by atoms with E-state index < -0.39 is 29.4 Å². The summed E-state index contributed by atoms with van der Waals surface area (Å²) in [6.45, 7) is 1.74. The lowest BCUT2D eigenvalue weighted by atomic mass is 9.89. The van der Waals surface area contributed by atoms with Crippen LogP contribution in [-0.2, 0) is 9.59 Å². The maximum atomic E-state index is 14.4. The second kappa shape index (κ2) is 6.62. The zero-order valence-electron chi connectivity index (χ0n) is 12.6. The Morgan fingerprint density at radius 2 is 1.70 bits per heavy atom. The molecular formula is C16H19F2N3O2. The van der Waals surface area contributed by atoms with Crippen molar-refractivity contribution in [2.75, 3.05) is 18.4 Å². The van der Waals surface area contributed by atoms with Crippen LogP contribution in [0.5, 0.6) is 0 Å². The number of benzene rings is 1. The molecule has 0 bridgehead atoms. The van der Waals surface area contributed by atoms with Crippen molar-refractivity contribution in [1.82, 2.24) is 10.6 Å². The molecule has 23 heavy (non-hydrogen) atoms. The number of carbonyl (C=O) groups is 2. The summed E-state index contributed by atoms with van der Waals surface area (Å²) < 4.78 is 28.7. The molecule has 1 atom stereocenters. The van der Waals surface area contributed by atoms with Crippen LogP contribution in [-0.4, -0.2) is 30.9 Å². The third-order valence-corrected chi connectivity index (χ3v) is 4.38. The first-order chi connectivity index (χ1) is 11.0. The molecule has 3 N–H and O–H groups in total. The van der Waals surface area contributed by atoms with E-state index >= 15 is 0 Å². The highest BCUT2D eigenvalue weighted by atomic mass is 19.1. The number of amides is 2. The molecule has 1 aromatic rings. The molecule has 1 unspecified atom stereocenters. The van der Waals surface area contributed by atoms with E-state index in [0.717, 1.165) is 25.9 Å². The summed E-state index contributed by atoms with van der Waals surface area (Å²) in [5, 5.41) is 8.49. The van der Waals surface area contributed by atoms with E-state index in [1.807, 2.05) is 0 Å². The van der Waals surface area contributed by atoms with E-state index in [9.17, 15) is 18.4 Å². The first kappa shape index (κ1) is 15.9. The van der Waals surface area contributed by atoms with Gasteiger partial charge in [-0.1, -0.05) is 0 Å². The summed E-state index contributed by atoms with van der Waals surface area (Å²) in [6.07, 6.45) is 1.99. The van der Waals surface area contributed by atoms with Gasteiger partial charge in [0.05, 0.1) is 5.92 Å². The summed E-state index contributed by atoms with van der Waals surface area (Å²) in [5.41, 5.74) is 0.119. The number of nitrogens with one attached hydrogen (secondary N) is 3. The van der Waals surface area contributed by atoms with E-state index in [4.69, 9.17) is 0 Å². The number of hydrogen-bond donors (Lipinski definition) is 3. The monoisotopic (exact) mass is 323 g/mol. The summed E-state index contributed by atoms with van der Waals surface area (Å²) in [4.78, 5) is 23.0. The van der Waals surface area contributed by atoms with Crippen molar-refractivity contribution in [3.8, 4) is 0 Å². The van der Waals surface area contributed by atoms with Gasteiger partial charge >= 0.3 is 0 Å². The van der Waals surface area contributed by atoms with Crippen molar-refractivity contribution < 1.29 is 18.4 Å². The predicted octanol–water partition coefficient (Wildman–Crippen LogP) is 1.65. The number of imide groups is 1. The maximum absolute atomic E-state index is 14.4. The highest BCUT2D eigenvalue weighted by Gasteiger charge is 2.32. The van der Waals surface area contributed by atoms with Crippen molar-refractivity contribution in [2.45, 2.75) is 37.6 Å². The van der Waals surface area contributed by atoms with Crippen LogP contribution < -0.4 is 16.0 Å². The molecule has 2 saturated heterocycles. The largest absolute Gasteiger partial charge is 0.382 e. The molecule has 2 aliphatic rings. The predicted molar refractivity (Wildman–Crippen MR) is 81.0 cm³/mol. The molecule has 2 aliphatic heterocycles. The molecule has 0 aromatic heterocycles. The Morgan fingerprint density at radius 1 is 1.04 bits per heavy atom. The Bertz CT molecular complexity index is 607. The molecule has 2 fully saturated rings. The second-order valence-electron chi connectivity index (χ2n) is 6.03. The number of carbonyl (C=O) groups excluding carboxylic acids is 2. The fourth-order valence-corrected chi connectivity index (χ4v) is 3.17. The zero-order valence-corrected chi connectivity index (χ0v) is 12.6. The van der Waals surface area contributed by atoms with Gasteiger partial charge in [0.15, 0.2) is 0 Å². The molecular weight excluding hydrogens is 304 g/mol. The molecule has 3 rings (SSSR count). The van der Waals surface area contributed by atoms with Gasteiger partial charge < -0.3 is 10.6 Å². The number of anilines is 1. The molecule has 1 aromatic carbocycles. The molecule has 0 aliphatic carbocycles. The Kier molecular flexibility index (Phi) is 4.56. The van der Waals surface area contributed by atoms with Gasteiger partial charge in [-0.05, 0) is 44.5 Å². The minimum atomic E-state index is -0.958. The van der Waals surface area contributed by atoms with E-state index in [1.165, 1.54) is 12.1 Å². The number of hydrogen-bond acceptors (Lipinski definition) is 4. The van der Waals surface area contributed by atoms with Gasteiger partial charge in [-0.15, -0.1) is 0 Å². The first-order valence-corrected chi connectivity index (χ1v) is 7.84. The van der Waals surface area contributed by atoms with Crippen molar-refractivity contribution in [2.24, 2.45) is 0 Å². The second-order valence-corrected chi connectivity index (χ2v) is 6.03. The van der Waals surface area contributed by atoms with Crippen LogP contribution in [0, 0.1) is 11.6 Å². The van der Waals surface area contributed by atoms with Crippen molar-refractivity contribution in [3.05, 3.63) is 29.3 Å². The highest BCUT2D eigenvalue weighted by molar-refractivity contribution is 6.01. The molecule has 2 heterocycles. The topological polar surface area (TPSA) is 70.2 Å². The normalized spacial score (nSPS) is 22.8. The molecule has 124 valence electrons. The van der Waals surface area contributed by atoms with Crippen molar-refractivity contribution in [3.63, 3.8) is 0 Å². The Labute approximate surface area is 132 Å². The van der Waals surface area contributed by atoms with E-state index in [-0.39, 0.29) is 24.4 Å². The fraction of sp³-hybridized carbons (Fsp3) is 0.500. The molecule has 0 spiro atoms. The van der Waals surface area contributed by atoms with Gasteiger partial charge in [0.1, 0.15) is 11.6 Å². The zero-order chi connectivity index (χ0) is 16.4. The van der Waals surface area contributed by atoms with Crippen molar-refractivity contribution in [1.29, 1.82) is 0 Å². The highest BCUT2D eigenvalue weighted by Crippen LogP contribution is 2.31. The lowest BCUT2D eigenvalue weighted by Gasteiger charge is -2.26. The number of piperidine rings is 2. The van der Waals surface area contributed by atoms with Crippen LogP contribution in [0.1, 0.15) is 37.2 Å². The molecule has 0 radical (unpaired) electrons. The lowest BCUT2D eigenvalue weighted by molar-refractivity contribution is -0.134. The minimum absolute atomic E-state index is 0.0877. The van der Waals surface area contributed by atoms with Crippen molar-refractivity contribution >= 4 is 17.5 Å². The molecule has 5 nitrogen and oxygen atoms in total. The van der Waals surface area contributed by atoms with E-state index in [2.05, 4.69) is 16.0 Å². The SMILES string of the molecule is O=C1CCC(c2c(F)cc(NC3CCNCC3)cc2F)C(=O)N1. The van der Waals surface area contributed by atoms with Crippen LogP contribution >= 0.6 is 0 Å². The Hall–Kier alpha value is -2.02. The Balaban J connectivity index is 1.80. The Morgan fingerprint density at radius 3 is 2.30 bits per heavy atom. The fourth-order valence-electron chi connectivity index (χ4n) is 3.17. The molecule has 0 saturated carbocycles. The van der Waals surface area contributed by atoms with Gasteiger partial charge in [0, 0.05) is 23.7 Å². The van der Waals surface area contributed by atoms with Crippen LogP contribution in [0.15, 0.2) is 12.1 Å². The van der Waals surface area contributed by atoms with Crippen LogP contribution in [0.4, 0.5) is 14.5 Å². The average Bonchev–Trinajstić information content (AvgIpc) is 2.50. The number of halogens is 2. The van der Waals surface area contributed by atoms with E-state index in [0.29, 0.717) is 5.69 Å². The summed E-state index contributed by atoms with van der Waals surface area (Å²) >= 11 is 0. The standard InChI is InChI=1S/C16H19F2N3O2/c17-12-7-10(20-9-3-5-19-6-4-9)8-13(18)15(12)11-1-2-14(22)21-16(11)23/h7-9,11,19-20H,1-6H2,(H,21,22,23). The van der Waals surface area contributed by atoms with Gasteiger partial charge in [-0.25, -0.2) is 8.78 Å². The smallest absolute Gasteiger partial charge is 0.234 e. The molecule has 7 heteroatoms. The van der Waals surface area contributed by atoms with Crippen LogP contribution in [0.25, 0.3) is 0 Å². The average molecular weight is 323 g/mol. The van der Waals surface area contributed by atoms with Gasteiger partial charge in [0.25, 0.3) is 0 Å². The quantitative estimate of drug-likeness (QED) is 0.740. The van der Waals surface area contributed by atoms with Crippen LogP contribution in [0.3, 0.4) is 0 Å². The van der Waals surface area contributed by atoms with Gasteiger partial charge in [0.2, 0.25) is 11.8 Å². The third kappa shape index (κ3) is 3.50. The van der Waals surface area contributed by atoms with Crippen LogP contribution in [0.2, 0.25) is 0 Å². The van der Waals surface area contributed by atoms with Gasteiger partial charge in [-0.2, -0.15) is 0 Å². The first-order valence-electron chi connectivity index (χ1n) is 7.84. The third-order valence-electron chi connectivity index (χ3n) is 4.38.